The zero-order valence-corrected chi connectivity index (χ0v) is 24.9. The van der Waals surface area contributed by atoms with Crippen LogP contribution in [0, 0.1) is 5.82 Å². The van der Waals surface area contributed by atoms with Gasteiger partial charge < -0.3 is 20.5 Å². The molecule has 0 fully saturated rings. The van der Waals surface area contributed by atoms with Gasteiger partial charge in [0.2, 0.25) is 5.91 Å². The smallest absolute Gasteiger partial charge is 0.224 e. The SMILES string of the molecule is CCCCC(=O)Nc1cncc(-c2ccc3[nH]nc(-c4cc5c(-c6cc(F)cc(NCCN(C)C)c6)cncc5[nH]4)c3n2)c1. The van der Waals surface area contributed by atoms with Crippen LogP contribution in [0.1, 0.15) is 26.2 Å². The quantitative estimate of drug-likeness (QED) is 0.136. The topological polar surface area (TPSA) is 128 Å². The molecule has 0 bridgehead atoms. The van der Waals surface area contributed by atoms with Gasteiger partial charge in [0.1, 0.15) is 17.0 Å². The number of benzene rings is 1. The van der Waals surface area contributed by atoms with Gasteiger partial charge in [0, 0.05) is 54.1 Å². The molecule has 0 saturated carbocycles. The summed E-state index contributed by atoms with van der Waals surface area (Å²) in [5, 5.41) is 14.8. The Hall–Kier alpha value is -5.16. The number of unbranched alkanes of at least 4 members (excludes halogenated alkanes) is 1. The molecular formula is C33H34FN9O. The number of nitrogens with zero attached hydrogens (tertiary/aromatic N) is 5. The van der Waals surface area contributed by atoms with Crippen molar-refractivity contribution in [1.82, 2.24) is 35.0 Å². The summed E-state index contributed by atoms with van der Waals surface area (Å²) in [6.45, 7) is 3.58. The molecule has 0 spiro atoms. The van der Waals surface area contributed by atoms with Gasteiger partial charge in [-0.05, 0) is 68.5 Å². The van der Waals surface area contributed by atoms with Gasteiger partial charge in [-0.2, -0.15) is 5.10 Å². The highest BCUT2D eigenvalue weighted by Crippen LogP contribution is 2.35. The van der Waals surface area contributed by atoms with Crippen LogP contribution in [-0.4, -0.2) is 68.1 Å². The second-order valence-electron chi connectivity index (χ2n) is 11.1. The zero-order chi connectivity index (χ0) is 30.6. The summed E-state index contributed by atoms with van der Waals surface area (Å²) in [6.07, 6.45) is 9.11. The Bertz CT molecular complexity index is 1950. The van der Waals surface area contributed by atoms with Crippen LogP contribution in [0.5, 0.6) is 0 Å². The predicted molar refractivity (Wildman–Crippen MR) is 173 cm³/mol. The second-order valence-corrected chi connectivity index (χ2v) is 11.1. The summed E-state index contributed by atoms with van der Waals surface area (Å²) in [5.41, 5.74) is 7.99. The fourth-order valence-corrected chi connectivity index (χ4v) is 5.14. The maximum Gasteiger partial charge on any atom is 0.224 e. The normalized spacial score (nSPS) is 11.5. The van der Waals surface area contributed by atoms with Crippen LogP contribution in [0.15, 0.2) is 67.3 Å². The maximum absolute atomic E-state index is 14.7. The van der Waals surface area contributed by atoms with E-state index < -0.39 is 0 Å². The lowest BCUT2D eigenvalue weighted by Crippen LogP contribution is -2.20. The molecule has 5 aromatic heterocycles. The summed E-state index contributed by atoms with van der Waals surface area (Å²) in [6, 6.07) is 12.6. The van der Waals surface area contributed by atoms with Crippen molar-refractivity contribution in [2.45, 2.75) is 26.2 Å². The molecule has 6 aromatic rings. The number of pyridine rings is 3. The molecule has 0 aliphatic rings. The summed E-state index contributed by atoms with van der Waals surface area (Å²) in [5.74, 6) is -0.356. The average Bonchev–Trinajstić information content (AvgIpc) is 3.63. The van der Waals surface area contributed by atoms with E-state index in [2.05, 4.69) is 47.6 Å². The number of anilines is 2. The molecule has 10 nitrogen and oxygen atoms in total. The number of carbonyl (C=O) groups excluding carboxylic acids is 1. The molecule has 1 amide bonds. The van der Waals surface area contributed by atoms with E-state index in [-0.39, 0.29) is 11.7 Å². The van der Waals surface area contributed by atoms with Crippen LogP contribution in [0.25, 0.3) is 55.7 Å². The van der Waals surface area contributed by atoms with Gasteiger partial charge in [0.05, 0.1) is 40.5 Å². The Balaban J connectivity index is 1.33. The molecular weight excluding hydrogens is 557 g/mol. The van der Waals surface area contributed by atoms with Crippen LogP contribution in [-0.2, 0) is 4.79 Å². The molecule has 0 aliphatic heterocycles. The highest BCUT2D eigenvalue weighted by molar-refractivity contribution is 6.00. The molecule has 224 valence electrons. The summed E-state index contributed by atoms with van der Waals surface area (Å²) >= 11 is 0. The van der Waals surface area contributed by atoms with E-state index in [9.17, 15) is 9.18 Å². The highest BCUT2D eigenvalue weighted by atomic mass is 19.1. The first-order valence-electron chi connectivity index (χ1n) is 14.6. The van der Waals surface area contributed by atoms with Crippen LogP contribution in [0.2, 0.25) is 0 Å². The van der Waals surface area contributed by atoms with Gasteiger partial charge in [-0.15, -0.1) is 0 Å². The molecule has 0 aliphatic carbocycles. The van der Waals surface area contributed by atoms with E-state index in [4.69, 9.17) is 4.98 Å². The molecule has 0 saturated heterocycles. The summed E-state index contributed by atoms with van der Waals surface area (Å²) in [7, 11) is 4.00. The third-order valence-electron chi connectivity index (χ3n) is 7.38. The molecule has 0 unspecified atom stereocenters. The van der Waals surface area contributed by atoms with Gasteiger partial charge in [-0.3, -0.25) is 19.9 Å². The standard InChI is InChI=1S/C33H34FN9O/c1-4-5-6-31(44)38-24-13-21(16-35-17-24)27-7-8-28-32(40-27)33(42-41-28)29-15-25-26(18-36-19-30(25)39-29)20-11-22(34)14-23(12-20)37-9-10-43(2)3/h7-8,11-19,37,39H,4-6,9-10H2,1-3H3,(H,38,44)(H,41,42). The number of halogens is 1. The highest BCUT2D eigenvalue weighted by Gasteiger charge is 2.17. The fraction of sp³-hybridized carbons (Fsp3) is 0.242. The van der Waals surface area contributed by atoms with Crippen LogP contribution < -0.4 is 10.6 Å². The lowest BCUT2D eigenvalue weighted by atomic mass is 10.0. The van der Waals surface area contributed by atoms with Gasteiger partial charge in [0.25, 0.3) is 0 Å². The Morgan fingerprint density at radius 3 is 2.64 bits per heavy atom. The molecule has 6 rings (SSSR count). The van der Waals surface area contributed by atoms with Gasteiger partial charge in [-0.1, -0.05) is 13.3 Å². The minimum atomic E-state index is -0.322. The van der Waals surface area contributed by atoms with Crippen molar-refractivity contribution in [2.75, 3.05) is 37.8 Å². The van der Waals surface area contributed by atoms with Crippen LogP contribution in [0.3, 0.4) is 0 Å². The number of amides is 1. The lowest BCUT2D eigenvalue weighted by Gasteiger charge is -2.13. The fourth-order valence-electron chi connectivity index (χ4n) is 5.14. The number of H-pyrrole nitrogens is 2. The zero-order valence-electron chi connectivity index (χ0n) is 24.9. The van der Waals surface area contributed by atoms with E-state index in [1.807, 2.05) is 44.4 Å². The third kappa shape index (κ3) is 6.28. The van der Waals surface area contributed by atoms with Crippen LogP contribution in [0.4, 0.5) is 15.8 Å². The minimum absolute atomic E-state index is 0.0333. The van der Waals surface area contributed by atoms with Crippen molar-refractivity contribution >= 4 is 39.2 Å². The number of aromatic nitrogens is 6. The molecule has 44 heavy (non-hydrogen) atoms. The number of aromatic amines is 2. The van der Waals surface area contributed by atoms with E-state index >= 15 is 0 Å². The molecule has 0 radical (unpaired) electrons. The number of likely N-dealkylation sites (N-methyl/N-ethyl adjacent to an activating group) is 1. The summed E-state index contributed by atoms with van der Waals surface area (Å²) in [4.78, 5) is 31.4. The van der Waals surface area contributed by atoms with E-state index in [1.54, 1.807) is 24.8 Å². The first-order chi connectivity index (χ1) is 21.4. The first-order valence-corrected chi connectivity index (χ1v) is 14.6. The minimum Gasteiger partial charge on any atom is -0.384 e. The Labute approximate surface area is 254 Å². The third-order valence-corrected chi connectivity index (χ3v) is 7.38. The number of rotatable bonds is 11. The monoisotopic (exact) mass is 591 g/mol. The average molecular weight is 592 g/mol. The number of hydrogen-bond donors (Lipinski definition) is 4. The van der Waals surface area contributed by atoms with Crippen LogP contribution >= 0.6 is 0 Å². The number of hydrogen-bond acceptors (Lipinski definition) is 7. The molecule has 0 atom stereocenters. The van der Waals surface area contributed by atoms with Gasteiger partial charge in [-0.25, -0.2) is 9.37 Å². The number of carbonyl (C=O) groups is 1. The molecule has 1 aromatic carbocycles. The Kier molecular flexibility index (Phi) is 8.29. The van der Waals surface area contributed by atoms with E-state index in [0.717, 1.165) is 58.2 Å². The van der Waals surface area contributed by atoms with Crippen molar-refractivity contribution in [3.8, 4) is 33.8 Å². The van der Waals surface area contributed by atoms with Crippen molar-refractivity contribution < 1.29 is 9.18 Å². The van der Waals surface area contributed by atoms with Gasteiger partial charge >= 0.3 is 0 Å². The first kappa shape index (κ1) is 28.9. The van der Waals surface area contributed by atoms with Crippen molar-refractivity contribution in [2.24, 2.45) is 0 Å². The Morgan fingerprint density at radius 2 is 1.80 bits per heavy atom. The van der Waals surface area contributed by atoms with Gasteiger partial charge in [0.15, 0.2) is 0 Å². The molecule has 4 N–H and O–H groups in total. The number of nitrogens with one attached hydrogen (secondary N) is 4. The Morgan fingerprint density at radius 1 is 0.955 bits per heavy atom. The predicted octanol–water partition coefficient (Wildman–Crippen LogP) is 6.47. The lowest BCUT2D eigenvalue weighted by molar-refractivity contribution is -0.116. The molecule has 11 heteroatoms. The maximum atomic E-state index is 14.7. The van der Waals surface area contributed by atoms with Crippen molar-refractivity contribution in [3.05, 3.63) is 73.1 Å². The second kappa shape index (κ2) is 12.6. The number of fused-ring (bicyclic) bond motifs is 2. The summed E-state index contributed by atoms with van der Waals surface area (Å²) < 4.78 is 14.7. The van der Waals surface area contributed by atoms with E-state index in [1.165, 1.54) is 12.1 Å². The van der Waals surface area contributed by atoms with E-state index in [0.29, 0.717) is 41.2 Å². The van der Waals surface area contributed by atoms with Crippen molar-refractivity contribution in [1.29, 1.82) is 0 Å². The largest absolute Gasteiger partial charge is 0.384 e. The molecule has 5 heterocycles. The van der Waals surface area contributed by atoms with Crippen molar-refractivity contribution in [3.63, 3.8) is 0 Å².